The summed E-state index contributed by atoms with van der Waals surface area (Å²) in [4.78, 5) is 0. The third-order valence-electron chi connectivity index (χ3n) is 4.10. The minimum Gasteiger partial charge on any atom is -0.455 e. The van der Waals surface area contributed by atoms with Crippen LogP contribution in [0.2, 0.25) is 0 Å². The fourth-order valence-electron chi connectivity index (χ4n) is 2.82. The third-order valence-corrected chi connectivity index (χ3v) is 4.10. The van der Waals surface area contributed by atoms with Crippen molar-refractivity contribution in [2.75, 3.05) is 0 Å². The Bertz CT molecular complexity index is 877. The molecule has 3 aromatic rings. The summed E-state index contributed by atoms with van der Waals surface area (Å²) in [5.74, 6) is 0.679. The van der Waals surface area contributed by atoms with Crippen LogP contribution < -0.4 is 5.43 Å². The number of nitrogens with one attached hydrogen (secondary N) is 1. The molecule has 122 valence electrons. The predicted octanol–water partition coefficient (Wildman–Crippen LogP) is 4.89. The standard InChI is InChI=1S/C18H13F3N2O/c19-18(20,21)13-7-5-11(6-8-13)14-10-15(23-22-14)17-9-12-3-1-2-4-16(12)24-17/h1-9,14,22H,10H2. The molecule has 0 saturated carbocycles. The second kappa shape index (κ2) is 5.40. The second-order valence-electron chi connectivity index (χ2n) is 5.71. The Morgan fingerprint density at radius 2 is 1.79 bits per heavy atom. The van der Waals surface area contributed by atoms with Crippen molar-refractivity contribution >= 4 is 16.7 Å². The van der Waals surface area contributed by atoms with Crippen LogP contribution in [0.15, 0.2) is 64.1 Å². The highest BCUT2D eigenvalue weighted by Crippen LogP contribution is 2.32. The summed E-state index contributed by atoms with van der Waals surface area (Å²) < 4.78 is 43.7. The lowest BCUT2D eigenvalue weighted by Crippen LogP contribution is -2.11. The monoisotopic (exact) mass is 330 g/mol. The predicted molar refractivity (Wildman–Crippen MR) is 84.7 cm³/mol. The van der Waals surface area contributed by atoms with Crippen molar-refractivity contribution in [3.05, 3.63) is 71.5 Å². The van der Waals surface area contributed by atoms with Gasteiger partial charge in [-0.15, -0.1) is 0 Å². The first-order valence-electron chi connectivity index (χ1n) is 7.49. The molecule has 0 radical (unpaired) electrons. The molecular formula is C18H13F3N2O. The molecule has 0 amide bonds. The van der Waals surface area contributed by atoms with Gasteiger partial charge in [0.15, 0.2) is 5.76 Å². The Kier molecular flexibility index (Phi) is 3.33. The van der Waals surface area contributed by atoms with E-state index in [2.05, 4.69) is 10.5 Å². The second-order valence-corrected chi connectivity index (χ2v) is 5.71. The molecular weight excluding hydrogens is 317 g/mol. The van der Waals surface area contributed by atoms with Crippen LogP contribution in [0.4, 0.5) is 13.2 Å². The third kappa shape index (κ3) is 2.64. The molecule has 3 nitrogen and oxygen atoms in total. The van der Waals surface area contributed by atoms with E-state index >= 15 is 0 Å². The quantitative estimate of drug-likeness (QED) is 0.726. The molecule has 2 heterocycles. The molecule has 1 aliphatic rings. The number of nitrogens with zero attached hydrogens (tertiary/aromatic N) is 1. The highest BCUT2D eigenvalue weighted by Gasteiger charge is 2.31. The number of hydrazone groups is 1. The van der Waals surface area contributed by atoms with Crippen LogP contribution in [0.25, 0.3) is 11.0 Å². The summed E-state index contributed by atoms with van der Waals surface area (Å²) in [6, 6.07) is 14.6. The van der Waals surface area contributed by atoms with E-state index < -0.39 is 11.7 Å². The van der Waals surface area contributed by atoms with Crippen molar-refractivity contribution in [3.8, 4) is 0 Å². The highest BCUT2D eigenvalue weighted by molar-refractivity contribution is 6.02. The van der Waals surface area contributed by atoms with Crippen molar-refractivity contribution in [1.29, 1.82) is 0 Å². The van der Waals surface area contributed by atoms with Gasteiger partial charge in [-0.3, -0.25) is 0 Å². The first kappa shape index (κ1) is 14.8. The molecule has 0 aliphatic carbocycles. The average Bonchev–Trinajstić information content (AvgIpc) is 3.21. The van der Waals surface area contributed by atoms with E-state index in [0.29, 0.717) is 12.2 Å². The van der Waals surface area contributed by atoms with Gasteiger partial charge in [0.2, 0.25) is 0 Å². The lowest BCUT2D eigenvalue weighted by Gasteiger charge is -2.12. The molecule has 4 rings (SSSR count). The Morgan fingerprint density at radius 1 is 1.04 bits per heavy atom. The number of fused-ring (bicyclic) bond motifs is 1. The highest BCUT2D eigenvalue weighted by atomic mass is 19.4. The number of para-hydroxylation sites is 1. The molecule has 0 fully saturated rings. The largest absolute Gasteiger partial charge is 0.455 e. The van der Waals surface area contributed by atoms with Gasteiger partial charge in [-0.25, -0.2) is 0 Å². The summed E-state index contributed by atoms with van der Waals surface area (Å²) in [6.45, 7) is 0. The Hall–Kier alpha value is -2.76. The van der Waals surface area contributed by atoms with Gasteiger partial charge in [0.1, 0.15) is 11.3 Å². The average molecular weight is 330 g/mol. The van der Waals surface area contributed by atoms with Crippen LogP contribution in [-0.4, -0.2) is 5.71 Å². The van der Waals surface area contributed by atoms with Crippen molar-refractivity contribution in [2.24, 2.45) is 5.10 Å². The van der Waals surface area contributed by atoms with Crippen LogP contribution in [0.5, 0.6) is 0 Å². The van der Waals surface area contributed by atoms with E-state index in [1.54, 1.807) is 0 Å². The smallest absolute Gasteiger partial charge is 0.416 e. The summed E-state index contributed by atoms with van der Waals surface area (Å²) in [6.07, 6.45) is -3.76. The van der Waals surface area contributed by atoms with E-state index in [0.717, 1.165) is 34.4 Å². The summed E-state index contributed by atoms with van der Waals surface area (Å²) in [5.41, 5.74) is 4.63. The van der Waals surface area contributed by atoms with Crippen molar-refractivity contribution in [1.82, 2.24) is 5.43 Å². The fraction of sp³-hybridized carbons (Fsp3) is 0.167. The zero-order valence-corrected chi connectivity index (χ0v) is 12.5. The normalized spacial score (nSPS) is 17.8. The molecule has 0 bridgehead atoms. The van der Waals surface area contributed by atoms with E-state index in [1.165, 1.54) is 12.1 Å². The van der Waals surface area contributed by atoms with Crippen molar-refractivity contribution in [2.45, 2.75) is 18.6 Å². The topological polar surface area (TPSA) is 37.5 Å². The molecule has 0 saturated heterocycles. The van der Waals surface area contributed by atoms with E-state index in [4.69, 9.17) is 4.42 Å². The van der Waals surface area contributed by atoms with Gasteiger partial charge in [0.25, 0.3) is 0 Å². The molecule has 0 spiro atoms. The molecule has 1 atom stereocenters. The molecule has 24 heavy (non-hydrogen) atoms. The zero-order chi connectivity index (χ0) is 16.7. The first-order chi connectivity index (χ1) is 11.5. The Morgan fingerprint density at radius 3 is 2.50 bits per heavy atom. The molecule has 1 unspecified atom stereocenters. The molecule has 1 N–H and O–H groups in total. The molecule has 2 aromatic carbocycles. The summed E-state index contributed by atoms with van der Waals surface area (Å²) in [5, 5.41) is 5.27. The number of benzene rings is 2. The van der Waals surface area contributed by atoms with Gasteiger partial charge < -0.3 is 9.84 Å². The van der Waals surface area contributed by atoms with Crippen LogP contribution in [0.1, 0.15) is 29.3 Å². The maximum absolute atomic E-state index is 12.6. The van der Waals surface area contributed by atoms with Crippen molar-refractivity contribution in [3.63, 3.8) is 0 Å². The van der Waals surface area contributed by atoms with Gasteiger partial charge in [0.05, 0.1) is 11.6 Å². The fourth-order valence-corrected chi connectivity index (χ4v) is 2.82. The maximum atomic E-state index is 12.6. The van der Waals surface area contributed by atoms with Crippen LogP contribution in [0, 0.1) is 0 Å². The number of hydrogen-bond acceptors (Lipinski definition) is 3. The SMILES string of the molecule is FC(F)(F)c1ccc(C2CC(c3cc4ccccc4o3)=NN2)cc1. The maximum Gasteiger partial charge on any atom is 0.416 e. The molecule has 6 heteroatoms. The lowest BCUT2D eigenvalue weighted by atomic mass is 10.0. The van der Waals surface area contributed by atoms with Gasteiger partial charge in [-0.2, -0.15) is 18.3 Å². The minimum absolute atomic E-state index is 0.157. The van der Waals surface area contributed by atoms with Gasteiger partial charge in [0, 0.05) is 11.8 Å². The lowest BCUT2D eigenvalue weighted by molar-refractivity contribution is -0.137. The minimum atomic E-state index is -4.32. The van der Waals surface area contributed by atoms with Crippen LogP contribution in [0.3, 0.4) is 0 Å². The number of alkyl halides is 3. The van der Waals surface area contributed by atoms with Crippen molar-refractivity contribution < 1.29 is 17.6 Å². The van der Waals surface area contributed by atoms with Gasteiger partial charge in [-0.1, -0.05) is 30.3 Å². The number of rotatable bonds is 2. The first-order valence-corrected chi connectivity index (χ1v) is 7.49. The Labute approximate surface area is 135 Å². The molecule has 1 aliphatic heterocycles. The van der Waals surface area contributed by atoms with Crippen LogP contribution >= 0.6 is 0 Å². The number of furan rings is 1. The summed E-state index contributed by atoms with van der Waals surface area (Å²) >= 11 is 0. The van der Waals surface area contributed by atoms with Gasteiger partial charge in [-0.05, 0) is 29.8 Å². The zero-order valence-electron chi connectivity index (χ0n) is 12.5. The van der Waals surface area contributed by atoms with Gasteiger partial charge >= 0.3 is 6.18 Å². The van der Waals surface area contributed by atoms with E-state index in [1.807, 2.05) is 30.3 Å². The van der Waals surface area contributed by atoms with E-state index in [9.17, 15) is 13.2 Å². The number of halogens is 3. The van der Waals surface area contributed by atoms with E-state index in [-0.39, 0.29) is 6.04 Å². The Balaban J connectivity index is 1.53. The number of hydrogen-bond donors (Lipinski definition) is 1. The molecule has 1 aromatic heterocycles. The van der Waals surface area contributed by atoms with Crippen LogP contribution in [-0.2, 0) is 6.18 Å². The summed E-state index contributed by atoms with van der Waals surface area (Å²) in [7, 11) is 0.